The molecule has 132 valence electrons. The number of azo groups is 1. The van der Waals surface area contributed by atoms with Gasteiger partial charge in [-0.2, -0.15) is 0 Å². The first kappa shape index (κ1) is 16.9. The van der Waals surface area contributed by atoms with Crippen molar-refractivity contribution in [1.29, 1.82) is 0 Å². The van der Waals surface area contributed by atoms with Gasteiger partial charge in [-0.3, -0.25) is 9.20 Å². The predicted octanol–water partition coefficient (Wildman–Crippen LogP) is 2.49. The van der Waals surface area contributed by atoms with Gasteiger partial charge in [0.15, 0.2) is 17.2 Å². The molecule has 0 saturated heterocycles. The number of imidazole rings is 1. The number of aliphatic carboxylic acids is 1. The van der Waals surface area contributed by atoms with E-state index >= 15 is 0 Å². The molecule has 3 aromatic rings. The number of aromatic carboxylic acids is 1. The molecule has 0 spiro atoms. The molecule has 26 heavy (non-hydrogen) atoms. The van der Waals surface area contributed by atoms with E-state index in [-0.39, 0.29) is 34.2 Å². The van der Waals surface area contributed by atoms with E-state index < -0.39 is 24.1 Å². The Morgan fingerprint density at radius 2 is 1.85 bits per heavy atom. The zero-order chi connectivity index (χ0) is 18.8. The van der Waals surface area contributed by atoms with Crippen LogP contribution in [0.1, 0.15) is 16.1 Å². The maximum Gasteiger partial charge on any atom is 0.339 e. The minimum absolute atomic E-state index is 0.0833. The van der Waals surface area contributed by atoms with Crippen molar-refractivity contribution in [2.24, 2.45) is 10.2 Å². The van der Waals surface area contributed by atoms with Crippen LogP contribution in [0.2, 0.25) is 0 Å². The molecule has 2 heterocycles. The SMILES string of the molecule is O=C(O)Cc1nc2c(O)cccn2c1N=Nc1ccc(O)c(C(=O)O)c1. The molecule has 0 saturated carbocycles. The lowest BCUT2D eigenvalue weighted by Gasteiger charge is -2.01. The van der Waals surface area contributed by atoms with Crippen molar-refractivity contribution < 1.29 is 30.0 Å². The number of aromatic hydroxyl groups is 2. The van der Waals surface area contributed by atoms with Gasteiger partial charge in [0.2, 0.25) is 0 Å². The molecule has 0 aliphatic heterocycles. The fourth-order valence-corrected chi connectivity index (χ4v) is 2.32. The molecule has 0 atom stereocenters. The van der Waals surface area contributed by atoms with Gasteiger partial charge in [0.05, 0.1) is 17.8 Å². The summed E-state index contributed by atoms with van der Waals surface area (Å²) in [6, 6.07) is 6.56. The van der Waals surface area contributed by atoms with E-state index in [2.05, 4.69) is 15.2 Å². The molecule has 3 rings (SSSR count). The third-order valence-corrected chi connectivity index (χ3v) is 3.46. The average Bonchev–Trinajstić information content (AvgIpc) is 2.92. The zero-order valence-corrected chi connectivity index (χ0v) is 13.1. The summed E-state index contributed by atoms with van der Waals surface area (Å²) in [6.45, 7) is 0. The summed E-state index contributed by atoms with van der Waals surface area (Å²) >= 11 is 0. The average molecular weight is 356 g/mol. The van der Waals surface area contributed by atoms with Crippen molar-refractivity contribution in [2.75, 3.05) is 0 Å². The lowest BCUT2D eigenvalue weighted by Crippen LogP contribution is -2.00. The number of carboxylic acids is 2. The van der Waals surface area contributed by atoms with Crippen LogP contribution in [0, 0.1) is 0 Å². The molecule has 0 bridgehead atoms. The fourth-order valence-electron chi connectivity index (χ4n) is 2.32. The summed E-state index contributed by atoms with van der Waals surface area (Å²) in [5.74, 6) is -2.95. The minimum Gasteiger partial charge on any atom is -0.507 e. The molecule has 0 radical (unpaired) electrons. The van der Waals surface area contributed by atoms with Crippen LogP contribution >= 0.6 is 0 Å². The van der Waals surface area contributed by atoms with Crippen molar-refractivity contribution >= 4 is 29.1 Å². The molecule has 1 aromatic carbocycles. The highest BCUT2D eigenvalue weighted by Gasteiger charge is 2.17. The van der Waals surface area contributed by atoms with Crippen LogP contribution in [0.15, 0.2) is 46.8 Å². The van der Waals surface area contributed by atoms with E-state index in [4.69, 9.17) is 10.2 Å². The first-order chi connectivity index (χ1) is 12.4. The van der Waals surface area contributed by atoms with Crippen molar-refractivity contribution in [3.05, 3.63) is 47.8 Å². The largest absolute Gasteiger partial charge is 0.507 e. The van der Waals surface area contributed by atoms with Gasteiger partial charge in [-0.1, -0.05) is 0 Å². The summed E-state index contributed by atoms with van der Waals surface area (Å²) in [6.07, 6.45) is 1.09. The first-order valence-corrected chi connectivity index (χ1v) is 7.25. The standard InChI is InChI=1S/C16H12N4O6/c21-11-4-3-8(6-9(11)16(25)26)18-19-14-10(7-13(23)24)17-15-12(22)2-1-5-20(14)15/h1-6,21-22H,7H2,(H,23,24)(H,25,26). The molecule has 0 aliphatic carbocycles. The lowest BCUT2D eigenvalue weighted by molar-refractivity contribution is -0.136. The summed E-state index contributed by atoms with van der Waals surface area (Å²) in [5.41, 5.74) is -0.00538. The molecule has 4 N–H and O–H groups in total. The number of rotatable bonds is 5. The maximum absolute atomic E-state index is 11.1. The number of aromatic nitrogens is 2. The molecule has 10 heteroatoms. The Morgan fingerprint density at radius 1 is 1.08 bits per heavy atom. The maximum atomic E-state index is 11.1. The highest BCUT2D eigenvalue weighted by molar-refractivity contribution is 5.91. The van der Waals surface area contributed by atoms with Crippen LogP contribution < -0.4 is 0 Å². The second-order valence-corrected chi connectivity index (χ2v) is 5.25. The third kappa shape index (κ3) is 3.15. The molecule has 10 nitrogen and oxygen atoms in total. The Labute approximate surface area is 145 Å². The fraction of sp³-hybridized carbons (Fsp3) is 0.0625. The van der Waals surface area contributed by atoms with Gasteiger partial charge in [0.1, 0.15) is 11.3 Å². The highest BCUT2D eigenvalue weighted by atomic mass is 16.4. The molecular weight excluding hydrogens is 344 g/mol. The van der Waals surface area contributed by atoms with E-state index in [1.807, 2.05) is 0 Å². The molecule has 0 unspecified atom stereocenters. The van der Waals surface area contributed by atoms with Crippen LogP contribution in [-0.4, -0.2) is 41.7 Å². The van der Waals surface area contributed by atoms with E-state index in [9.17, 15) is 19.8 Å². The summed E-state index contributed by atoms with van der Waals surface area (Å²) < 4.78 is 1.37. The molecular formula is C16H12N4O6. The van der Waals surface area contributed by atoms with E-state index in [0.717, 1.165) is 12.1 Å². The molecule has 0 amide bonds. The van der Waals surface area contributed by atoms with Gasteiger partial charge in [-0.05, 0) is 30.3 Å². The van der Waals surface area contributed by atoms with Gasteiger partial charge in [-0.15, -0.1) is 10.2 Å². The second-order valence-electron chi connectivity index (χ2n) is 5.25. The van der Waals surface area contributed by atoms with E-state index in [1.165, 1.54) is 28.8 Å². The Bertz CT molecular complexity index is 1060. The topological polar surface area (TPSA) is 157 Å². The van der Waals surface area contributed by atoms with Crippen LogP contribution in [0.25, 0.3) is 5.65 Å². The van der Waals surface area contributed by atoms with Crippen molar-refractivity contribution in [3.63, 3.8) is 0 Å². The van der Waals surface area contributed by atoms with Crippen molar-refractivity contribution in [2.45, 2.75) is 6.42 Å². The third-order valence-electron chi connectivity index (χ3n) is 3.46. The van der Waals surface area contributed by atoms with Gasteiger partial charge in [0, 0.05) is 6.20 Å². The van der Waals surface area contributed by atoms with Gasteiger partial charge < -0.3 is 20.4 Å². The van der Waals surface area contributed by atoms with Crippen molar-refractivity contribution in [3.8, 4) is 11.5 Å². The van der Waals surface area contributed by atoms with Crippen LogP contribution in [0.4, 0.5) is 11.5 Å². The summed E-state index contributed by atoms with van der Waals surface area (Å²) in [4.78, 5) is 26.2. The van der Waals surface area contributed by atoms with Gasteiger partial charge >= 0.3 is 11.9 Å². The Kier molecular flexibility index (Phi) is 4.23. The van der Waals surface area contributed by atoms with Crippen molar-refractivity contribution in [1.82, 2.24) is 9.38 Å². The normalized spacial score (nSPS) is 11.2. The molecule has 2 aromatic heterocycles. The van der Waals surface area contributed by atoms with Crippen LogP contribution in [0.3, 0.4) is 0 Å². The number of hydrogen-bond acceptors (Lipinski definition) is 7. The Hall–Kier alpha value is -3.95. The molecule has 0 aliphatic rings. The number of benzene rings is 1. The number of pyridine rings is 1. The lowest BCUT2D eigenvalue weighted by atomic mass is 10.2. The predicted molar refractivity (Wildman–Crippen MR) is 87.4 cm³/mol. The highest BCUT2D eigenvalue weighted by Crippen LogP contribution is 2.29. The van der Waals surface area contributed by atoms with Gasteiger partial charge in [-0.25, -0.2) is 9.78 Å². The number of carboxylic acid groups (broad SMARTS) is 2. The first-order valence-electron chi connectivity index (χ1n) is 7.25. The number of hydrogen-bond donors (Lipinski definition) is 4. The Morgan fingerprint density at radius 3 is 2.54 bits per heavy atom. The minimum atomic E-state index is -1.33. The number of nitrogens with zero attached hydrogens (tertiary/aromatic N) is 4. The Balaban J connectivity index is 2.09. The van der Waals surface area contributed by atoms with Gasteiger partial charge in [0.25, 0.3) is 0 Å². The van der Waals surface area contributed by atoms with E-state index in [0.29, 0.717) is 0 Å². The smallest absolute Gasteiger partial charge is 0.339 e. The van der Waals surface area contributed by atoms with Crippen LogP contribution in [-0.2, 0) is 11.2 Å². The summed E-state index contributed by atoms with van der Waals surface area (Å²) in [5, 5.41) is 45.3. The van der Waals surface area contributed by atoms with Crippen LogP contribution in [0.5, 0.6) is 11.5 Å². The zero-order valence-electron chi connectivity index (χ0n) is 13.1. The second kappa shape index (κ2) is 6.51. The quantitative estimate of drug-likeness (QED) is 0.511. The number of phenols is 1. The monoisotopic (exact) mass is 356 g/mol. The number of fused-ring (bicyclic) bond motifs is 1. The molecule has 0 fully saturated rings. The van der Waals surface area contributed by atoms with E-state index in [1.54, 1.807) is 0 Å². The number of carbonyl (C=O) groups is 2. The summed E-state index contributed by atoms with van der Waals surface area (Å²) in [7, 11) is 0.